The summed E-state index contributed by atoms with van der Waals surface area (Å²) in [5, 5.41) is 6.15. The molecule has 5 N–H and O–H groups in total. The second-order valence-corrected chi connectivity index (χ2v) is 5.80. The molecular weight excluding hydrogens is 352 g/mol. The quantitative estimate of drug-likeness (QED) is 0.536. The Bertz CT molecular complexity index is 1190. The average molecular weight is 364 g/mol. The van der Waals surface area contributed by atoms with Gasteiger partial charge in [0, 0.05) is 12.3 Å². The zero-order valence-electron chi connectivity index (χ0n) is 13.7. The fourth-order valence-electron chi connectivity index (χ4n) is 2.90. The molecule has 10 nitrogen and oxygen atoms in total. The van der Waals surface area contributed by atoms with Gasteiger partial charge in [0.15, 0.2) is 0 Å². The van der Waals surface area contributed by atoms with Crippen molar-refractivity contribution in [3.8, 4) is 11.4 Å². The molecule has 0 saturated carbocycles. The van der Waals surface area contributed by atoms with E-state index in [0.29, 0.717) is 11.4 Å². The molecule has 3 amide bonds. The van der Waals surface area contributed by atoms with Crippen molar-refractivity contribution in [2.75, 3.05) is 5.73 Å². The van der Waals surface area contributed by atoms with Crippen LogP contribution in [0, 0.1) is 0 Å². The molecule has 1 aromatic carbocycles. The number of nitrogen functional groups attached to an aromatic ring is 1. The number of amides is 3. The van der Waals surface area contributed by atoms with E-state index in [4.69, 9.17) is 11.5 Å². The molecule has 3 heterocycles. The Balaban J connectivity index is 1.78. The number of benzene rings is 1. The van der Waals surface area contributed by atoms with Crippen LogP contribution < -0.4 is 22.3 Å². The van der Waals surface area contributed by atoms with Gasteiger partial charge in [-0.3, -0.25) is 29.1 Å². The highest BCUT2D eigenvalue weighted by Crippen LogP contribution is 2.23. The summed E-state index contributed by atoms with van der Waals surface area (Å²) in [4.78, 5) is 47.2. The van der Waals surface area contributed by atoms with Gasteiger partial charge in [-0.2, -0.15) is 5.10 Å². The molecule has 0 spiro atoms. The molecule has 0 radical (unpaired) electrons. The van der Waals surface area contributed by atoms with Crippen LogP contribution >= 0.6 is 0 Å². The first-order valence-electron chi connectivity index (χ1n) is 7.74. The van der Waals surface area contributed by atoms with Crippen LogP contribution in [0.2, 0.25) is 0 Å². The van der Waals surface area contributed by atoms with E-state index in [1.54, 1.807) is 30.5 Å². The predicted octanol–water partition coefficient (Wildman–Crippen LogP) is -0.412. The van der Waals surface area contributed by atoms with Gasteiger partial charge in [-0.05, 0) is 30.3 Å². The van der Waals surface area contributed by atoms with Crippen molar-refractivity contribution in [1.82, 2.24) is 19.7 Å². The Labute approximate surface area is 151 Å². The molecule has 3 aromatic rings. The minimum atomic E-state index is -0.648. The van der Waals surface area contributed by atoms with Crippen molar-refractivity contribution in [3.05, 3.63) is 69.8 Å². The van der Waals surface area contributed by atoms with E-state index in [0.717, 1.165) is 10.6 Å². The third kappa shape index (κ3) is 2.47. The minimum Gasteiger partial charge on any atom is -0.384 e. The summed E-state index contributed by atoms with van der Waals surface area (Å²) in [5.41, 5.74) is 11.7. The highest BCUT2D eigenvalue weighted by atomic mass is 16.2. The Hall–Kier alpha value is -4.21. The Morgan fingerprint density at radius 1 is 1.00 bits per heavy atom. The number of rotatable bonds is 3. The van der Waals surface area contributed by atoms with E-state index < -0.39 is 23.3 Å². The van der Waals surface area contributed by atoms with Crippen molar-refractivity contribution in [1.29, 1.82) is 0 Å². The third-order valence-electron chi connectivity index (χ3n) is 4.17. The number of primary amides is 1. The van der Waals surface area contributed by atoms with Gasteiger partial charge in [0.25, 0.3) is 23.3 Å². The normalized spacial score (nSPS) is 12.7. The monoisotopic (exact) mass is 364 g/mol. The molecule has 1 aliphatic heterocycles. The summed E-state index contributed by atoms with van der Waals surface area (Å²) in [5.74, 6) is -2.06. The van der Waals surface area contributed by atoms with Gasteiger partial charge in [0.2, 0.25) is 0 Å². The molecular formula is C17H12N6O4. The smallest absolute Gasteiger partial charge is 0.269 e. The van der Waals surface area contributed by atoms with Crippen molar-refractivity contribution < 1.29 is 14.4 Å². The van der Waals surface area contributed by atoms with Gasteiger partial charge in [0.05, 0.1) is 22.5 Å². The molecule has 27 heavy (non-hydrogen) atoms. The highest BCUT2D eigenvalue weighted by molar-refractivity contribution is 6.23. The zero-order chi connectivity index (χ0) is 19.3. The molecule has 0 fully saturated rings. The molecule has 134 valence electrons. The summed E-state index contributed by atoms with van der Waals surface area (Å²) in [6.45, 7) is 0. The number of carbonyl (C=O) groups is 3. The molecule has 10 heteroatoms. The van der Waals surface area contributed by atoms with Gasteiger partial charge in [0.1, 0.15) is 11.5 Å². The number of hydrogen-bond donors (Lipinski definition) is 3. The molecule has 0 atom stereocenters. The van der Waals surface area contributed by atoms with Crippen LogP contribution in [0.3, 0.4) is 0 Å². The van der Waals surface area contributed by atoms with Crippen LogP contribution in [-0.4, -0.2) is 32.1 Å². The van der Waals surface area contributed by atoms with Gasteiger partial charge in [-0.1, -0.05) is 0 Å². The lowest BCUT2D eigenvalue weighted by atomic mass is 10.1. The van der Waals surface area contributed by atoms with E-state index in [-0.39, 0.29) is 22.6 Å². The van der Waals surface area contributed by atoms with Gasteiger partial charge < -0.3 is 11.5 Å². The fraction of sp³-hybridized carbons (Fsp3) is 0. The van der Waals surface area contributed by atoms with E-state index in [9.17, 15) is 19.2 Å². The van der Waals surface area contributed by atoms with Gasteiger partial charge >= 0.3 is 0 Å². The molecule has 0 aliphatic carbocycles. The number of nitrogens with one attached hydrogen (secondary N) is 1. The number of nitrogens with zero attached hydrogens (tertiary/aromatic N) is 3. The number of carbonyl (C=O) groups excluding carboxylic acids is 3. The maximum absolute atomic E-state index is 12.4. The van der Waals surface area contributed by atoms with Crippen LogP contribution in [0.4, 0.5) is 5.82 Å². The molecule has 0 saturated heterocycles. The van der Waals surface area contributed by atoms with Crippen molar-refractivity contribution in [2.45, 2.75) is 0 Å². The van der Waals surface area contributed by atoms with Crippen LogP contribution in [0.1, 0.15) is 31.2 Å². The predicted molar refractivity (Wildman–Crippen MR) is 93.9 cm³/mol. The summed E-state index contributed by atoms with van der Waals surface area (Å²) in [7, 11) is 0. The first-order valence-corrected chi connectivity index (χ1v) is 7.74. The molecule has 0 bridgehead atoms. The minimum absolute atomic E-state index is 0.0261. The molecule has 1 aliphatic rings. The average Bonchev–Trinajstić information content (AvgIpc) is 3.21. The largest absolute Gasteiger partial charge is 0.384 e. The highest BCUT2D eigenvalue weighted by Gasteiger charge is 2.31. The maximum atomic E-state index is 12.4. The number of nitrogens with two attached hydrogens (primary N) is 2. The first kappa shape index (κ1) is 16.3. The summed E-state index contributed by atoms with van der Waals surface area (Å²) in [6.07, 6.45) is 1.57. The first-order chi connectivity index (χ1) is 12.9. The van der Waals surface area contributed by atoms with Crippen molar-refractivity contribution >= 4 is 23.5 Å². The number of aromatic nitrogens is 3. The summed E-state index contributed by atoms with van der Waals surface area (Å²) in [6, 6.07) is 9.05. The molecule has 0 unspecified atom stereocenters. The topological polar surface area (TPSA) is 155 Å². The third-order valence-corrected chi connectivity index (χ3v) is 4.17. The van der Waals surface area contributed by atoms with E-state index >= 15 is 0 Å². The van der Waals surface area contributed by atoms with Gasteiger partial charge in [-0.15, -0.1) is 0 Å². The van der Waals surface area contributed by atoms with E-state index in [1.807, 2.05) is 0 Å². The van der Waals surface area contributed by atoms with Gasteiger partial charge in [-0.25, -0.2) is 4.68 Å². The standard InChI is InChI=1S/C17H12N6O4/c18-14-13-10(16(26)20-17(13)27)7-12(24)23(14)9-3-1-8(2-4-9)22-6-5-11(21-22)15(19)25/h1-7H,18H2,(H2,19,25)(H,20,26,27). The lowest BCUT2D eigenvalue weighted by Crippen LogP contribution is -2.24. The molecule has 2 aromatic heterocycles. The number of pyridine rings is 1. The van der Waals surface area contributed by atoms with Crippen molar-refractivity contribution in [3.63, 3.8) is 0 Å². The number of anilines is 1. The Kier molecular flexibility index (Phi) is 3.41. The summed E-state index contributed by atoms with van der Waals surface area (Å²) < 4.78 is 2.59. The lowest BCUT2D eigenvalue weighted by molar-refractivity contribution is 0.0878. The second-order valence-electron chi connectivity index (χ2n) is 5.80. The van der Waals surface area contributed by atoms with Crippen LogP contribution in [-0.2, 0) is 0 Å². The van der Waals surface area contributed by atoms with E-state index in [2.05, 4.69) is 10.4 Å². The number of fused-ring (bicyclic) bond motifs is 1. The fourth-order valence-corrected chi connectivity index (χ4v) is 2.90. The van der Waals surface area contributed by atoms with Crippen LogP contribution in [0.15, 0.2) is 47.4 Å². The lowest BCUT2D eigenvalue weighted by Gasteiger charge is -2.12. The number of imide groups is 1. The van der Waals surface area contributed by atoms with E-state index in [1.165, 1.54) is 10.7 Å². The second kappa shape index (κ2) is 5.66. The number of hydrogen-bond acceptors (Lipinski definition) is 6. The molecule has 4 rings (SSSR count). The van der Waals surface area contributed by atoms with Crippen molar-refractivity contribution in [2.24, 2.45) is 5.73 Å². The SMILES string of the molecule is NC(=O)c1ccn(-c2ccc(-n3c(N)c4c(cc3=O)C(=O)NC4=O)cc2)n1. The maximum Gasteiger partial charge on any atom is 0.269 e. The van der Waals surface area contributed by atoms with Crippen LogP contribution in [0.25, 0.3) is 11.4 Å². The Morgan fingerprint density at radius 3 is 2.30 bits per heavy atom. The zero-order valence-corrected chi connectivity index (χ0v) is 13.7. The summed E-state index contributed by atoms with van der Waals surface area (Å²) >= 11 is 0. The van der Waals surface area contributed by atoms with Crippen LogP contribution in [0.5, 0.6) is 0 Å². The Morgan fingerprint density at radius 2 is 1.67 bits per heavy atom.